The number of hydrogen-bond acceptors (Lipinski definition) is 5. The summed E-state index contributed by atoms with van der Waals surface area (Å²) in [5.41, 5.74) is 1.82. The second-order valence-electron chi connectivity index (χ2n) is 15.4. The Hall–Kier alpha value is -3.83. The minimum atomic E-state index is -1.03. The number of carboxylic acid groups (broad SMARTS) is 1. The smallest absolute Gasteiger partial charge is 0.329 e. The van der Waals surface area contributed by atoms with E-state index in [4.69, 9.17) is 9.47 Å². The summed E-state index contributed by atoms with van der Waals surface area (Å²) in [6.07, 6.45) is 4.52. The van der Waals surface area contributed by atoms with Crippen LogP contribution in [0.5, 0.6) is 0 Å². The summed E-state index contributed by atoms with van der Waals surface area (Å²) in [4.78, 5) is 42.3. The lowest BCUT2D eigenvalue weighted by Gasteiger charge is -2.46. The predicted octanol–water partition coefficient (Wildman–Crippen LogP) is 7.14. The van der Waals surface area contributed by atoms with Gasteiger partial charge in [-0.1, -0.05) is 19.1 Å². The van der Waals surface area contributed by atoms with E-state index in [0.717, 1.165) is 29.5 Å². The number of benzene rings is 2. The first-order chi connectivity index (χ1) is 24.3. The van der Waals surface area contributed by atoms with Crippen molar-refractivity contribution in [2.75, 3.05) is 13.2 Å². The van der Waals surface area contributed by atoms with Crippen LogP contribution in [0.1, 0.15) is 89.5 Å². The standard InChI is InChI=1S/C40H51F2N3O6/c1-23(2)51-32-13-12-31(50-22-32)20-34-26(5)45(36-19-30(42)11-14-33(34)36)39(49)44-17-16-40(21-25(44)4,28-7-9-29(41)10-8-28)38(48)43-35-15-6-27(37(46)47)18-24(35)3/h7-11,14,19,23-25,27,31-32,35H,6,12-13,15-18,20-22H2,1-5H3,(H,43,48)(H,46,47)/t24-,25-,27-,31?,32?,35-,40-/m0/s1. The first kappa shape index (κ1) is 36.9. The predicted molar refractivity (Wildman–Crippen MR) is 190 cm³/mol. The highest BCUT2D eigenvalue weighted by Gasteiger charge is 2.48. The van der Waals surface area contributed by atoms with Gasteiger partial charge < -0.3 is 24.8 Å². The third-order valence-electron chi connectivity index (χ3n) is 11.6. The number of amides is 2. The molecule has 0 bridgehead atoms. The SMILES string of the molecule is Cc1c(CC2CCC(OC(C)C)CO2)c2ccc(F)cc2n1C(=O)N1CC[C@@](C(=O)N[C@H]2CC[C@H](C(=O)O)C[C@@H]2C)(c2ccc(F)cc2)C[C@@H]1C. The summed E-state index contributed by atoms with van der Waals surface area (Å²) in [5.74, 6) is -2.30. The lowest BCUT2D eigenvalue weighted by Crippen LogP contribution is -2.58. The summed E-state index contributed by atoms with van der Waals surface area (Å²) < 4.78 is 42.6. The number of carbonyl (C=O) groups excluding carboxylic acids is 2. The molecule has 2 N–H and O–H groups in total. The van der Waals surface area contributed by atoms with E-state index in [1.165, 1.54) is 24.3 Å². The van der Waals surface area contributed by atoms with E-state index in [9.17, 15) is 28.3 Å². The van der Waals surface area contributed by atoms with Crippen molar-refractivity contribution in [2.45, 2.75) is 122 Å². The second-order valence-corrected chi connectivity index (χ2v) is 15.4. The van der Waals surface area contributed by atoms with E-state index < -0.39 is 35.0 Å². The molecule has 2 aliphatic heterocycles. The summed E-state index contributed by atoms with van der Waals surface area (Å²) in [6, 6.07) is 9.69. The molecular weight excluding hydrogens is 656 g/mol. The van der Waals surface area contributed by atoms with Crippen molar-refractivity contribution in [1.82, 2.24) is 14.8 Å². The first-order valence-electron chi connectivity index (χ1n) is 18.4. The van der Waals surface area contributed by atoms with Gasteiger partial charge in [-0.25, -0.2) is 13.6 Å². The number of nitrogens with zero attached hydrogens (tertiary/aromatic N) is 2. The van der Waals surface area contributed by atoms with Crippen LogP contribution in [0.15, 0.2) is 42.5 Å². The summed E-state index contributed by atoms with van der Waals surface area (Å²) >= 11 is 0. The van der Waals surface area contributed by atoms with E-state index in [0.29, 0.717) is 56.2 Å². The number of rotatable bonds is 8. The van der Waals surface area contributed by atoms with Crippen molar-refractivity contribution in [3.05, 3.63) is 70.9 Å². The van der Waals surface area contributed by atoms with Crippen LogP contribution < -0.4 is 5.32 Å². The van der Waals surface area contributed by atoms with Crippen molar-refractivity contribution in [3.8, 4) is 0 Å². The fraction of sp³-hybridized carbons (Fsp3) is 0.575. The van der Waals surface area contributed by atoms with Crippen LogP contribution in [0.4, 0.5) is 13.6 Å². The zero-order valence-corrected chi connectivity index (χ0v) is 30.3. The van der Waals surface area contributed by atoms with Gasteiger partial charge in [-0.3, -0.25) is 14.2 Å². The molecule has 1 saturated carbocycles. The van der Waals surface area contributed by atoms with Crippen LogP contribution in [0, 0.1) is 30.4 Å². The molecule has 3 aromatic rings. The first-order valence-corrected chi connectivity index (χ1v) is 18.4. The van der Waals surface area contributed by atoms with E-state index >= 15 is 0 Å². The van der Waals surface area contributed by atoms with E-state index in [2.05, 4.69) is 5.32 Å². The molecule has 2 amide bonds. The minimum absolute atomic E-state index is 0.0263. The zero-order chi connectivity index (χ0) is 36.6. The molecular formula is C40H51F2N3O6. The zero-order valence-electron chi connectivity index (χ0n) is 30.3. The van der Waals surface area contributed by atoms with Crippen LogP contribution in [0.3, 0.4) is 0 Å². The van der Waals surface area contributed by atoms with Gasteiger partial charge in [-0.2, -0.15) is 0 Å². The maximum atomic E-state index is 14.8. The molecule has 6 rings (SSSR count). The van der Waals surface area contributed by atoms with Gasteiger partial charge in [0, 0.05) is 36.1 Å². The second kappa shape index (κ2) is 15.0. The normalized spacial score (nSPS) is 28.6. The Labute approximate surface area is 298 Å². The van der Waals surface area contributed by atoms with Crippen LogP contribution in [0.25, 0.3) is 10.9 Å². The summed E-state index contributed by atoms with van der Waals surface area (Å²) in [6.45, 7) is 10.6. The van der Waals surface area contributed by atoms with Crippen LogP contribution in [-0.2, 0) is 30.9 Å². The Morgan fingerprint density at radius 1 is 1.04 bits per heavy atom. The summed E-state index contributed by atoms with van der Waals surface area (Å²) in [7, 11) is 0. The third kappa shape index (κ3) is 7.56. The molecule has 2 aromatic carbocycles. The van der Waals surface area contributed by atoms with Gasteiger partial charge in [-0.15, -0.1) is 0 Å². The van der Waals surface area contributed by atoms with Crippen molar-refractivity contribution in [1.29, 1.82) is 0 Å². The molecule has 0 radical (unpaired) electrons. The number of halogens is 2. The molecule has 11 heteroatoms. The topological polar surface area (TPSA) is 110 Å². The van der Waals surface area contributed by atoms with Gasteiger partial charge in [0.25, 0.3) is 0 Å². The monoisotopic (exact) mass is 707 g/mol. The fourth-order valence-corrected chi connectivity index (χ4v) is 8.79. The van der Waals surface area contributed by atoms with Crippen molar-refractivity contribution in [2.24, 2.45) is 11.8 Å². The van der Waals surface area contributed by atoms with Crippen molar-refractivity contribution in [3.63, 3.8) is 0 Å². The Morgan fingerprint density at radius 2 is 1.76 bits per heavy atom. The van der Waals surface area contributed by atoms with Gasteiger partial charge in [0.1, 0.15) is 11.6 Å². The Kier molecular flexibility index (Phi) is 10.9. The van der Waals surface area contributed by atoms with Gasteiger partial charge in [0.05, 0.1) is 41.8 Å². The Bertz CT molecular complexity index is 1750. The van der Waals surface area contributed by atoms with Gasteiger partial charge in [-0.05, 0) is 120 Å². The molecule has 51 heavy (non-hydrogen) atoms. The molecule has 7 atom stereocenters. The molecule has 0 spiro atoms. The Balaban J connectivity index is 1.25. The molecule has 3 heterocycles. The Morgan fingerprint density at radius 3 is 2.39 bits per heavy atom. The fourth-order valence-electron chi connectivity index (χ4n) is 8.79. The van der Waals surface area contributed by atoms with E-state index in [-0.39, 0.29) is 48.8 Å². The largest absolute Gasteiger partial charge is 0.481 e. The lowest BCUT2D eigenvalue weighted by molar-refractivity contribution is -0.143. The number of aliphatic carboxylic acids is 1. The third-order valence-corrected chi connectivity index (χ3v) is 11.6. The maximum Gasteiger partial charge on any atom is 0.329 e. The number of ether oxygens (including phenoxy) is 2. The number of piperidine rings is 1. The highest BCUT2D eigenvalue weighted by atomic mass is 19.1. The highest BCUT2D eigenvalue weighted by Crippen LogP contribution is 2.41. The molecule has 2 unspecified atom stereocenters. The lowest BCUT2D eigenvalue weighted by atomic mass is 9.69. The highest BCUT2D eigenvalue weighted by molar-refractivity contribution is 5.96. The maximum absolute atomic E-state index is 14.8. The molecule has 276 valence electrons. The average molecular weight is 708 g/mol. The number of fused-ring (bicyclic) bond motifs is 1. The summed E-state index contributed by atoms with van der Waals surface area (Å²) in [5, 5.41) is 13.6. The molecule has 9 nitrogen and oxygen atoms in total. The van der Waals surface area contributed by atoms with Crippen LogP contribution >= 0.6 is 0 Å². The average Bonchev–Trinajstić information content (AvgIpc) is 3.35. The molecule has 2 saturated heterocycles. The number of carboxylic acids is 1. The molecule has 1 aromatic heterocycles. The number of likely N-dealkylation sites (tertiary alicyclic amines) is 1. The minimum Gasteiger partial charge on any atom is -0.481 e. The van der Waals surface area contributed by atoms with Crippen molar-refractivity contribution >= 4 is 28.8 Å². The molecule has 3 aliphatic rings. The van der Waals surface area contributed by atoms with Crippen LogP contribution in [-0.4, -0.2) is 76.0 Å². The van der Waals surface area contributed by atoms with Gasteiger partial charge >= 0.3 is 12.0 Å². The van der Waals surface area contributed by atoms with Crippen LogP contribution in [0.2, 0.25) is 0 Å². The van der Waals surface area contributed by atoms with Gasteiger partial charge in [0.2, 0.25) is 5.91 Å². The number of nitrogens with one attached hydrogen (secondary N) is 1. The molecule has 3 fully saturated rings. The van der Waals surface area contributed by atoms with E-state index in [1.807, 2.05) is 34.6 Å². The van der Waals surface area contributed by atoms with Crippen molar-refractivity contribution < 1.29 is 37.7 Å². The van der Waals surface area contributed by atoms with E-state index in [1.54, 1.807) is 27.7 Å². The number of carbonyl (C=O) groups is 3. The van der Waals surface area contributed by atoms with Gasteiger partial charge in [0.15, 0.2) is 0 Å². The molecule has 1 aliphatic carbocycles. The number of hydrogen-bond donors (Lipinski definition) is 2. The number of aromatic nitrogens is 1. The quantitative estimate of drug-likeness (QED) is 0.258.